The monoisotopic (exact) mass is 358 g/mol. The summed E-state index contributed by atoms with van der Waals surface area (Å²) in [4.78, 5) is 4.45. The smallest absolute Gasteiger partial charge is 0.124 e. The van der Waals surface area contributed by atoms with Gasteiger partial charge in [-0.15, -0.1) is 24.8 Å². The predicted octanol–water partition coefficient (Wildman–Crippen LogP) is 2.48. The van der Waals surface area contributed by atoms with Crippen LogP contribution in [0.15, 0.2) is 35.5 Å². The number of nitrogens with zero attached hydrogens (tertiary/aromatic N) is 2. The first-order chi connectivity index (χ1) is 10.3. The highest BCUT2D eigenvalue weighted by Crippen LogP contribution is 2.19. The summed E-state index contributed by atoms with van der Waals surface area (Å²) in [5, 5.41) is 5.47. The summed E-state index contributed by atoms with van der Waals surface area (Å²) < 4.78 is 5.20. The molecule has 1 aromatic carbocycles. The first kappa shape index (κ1) is 19.8. The van der Waals surface area contributed by atoms with Crippen molar-refractivity contribution in [1.82, 2.24) is 15.8 Å². The van der Waals surface area contributed by atoms with Gasteiger partial charge in [0.1, 0.15) is 12.4 Å². The number of allylic oxidation sites excluding steroid dienone is 1. The number of hydrogen-bond donors (Lipinski definition) is 2. The number of hydrazine groups is 1. The van der Waals surface area contributed by atoms with Gasteiger partial charge >= 0.3 is 0 Å². The molecule has 0 aliphatic carbocycles. The van der Waals surface area contributed by atoms with E-state index in [1.165, 1.54) is 0 Å². The second-order valence-electron chi connectivity index (χ2n) is 5.39. The van der Waals surface area contributed by atoms with Gasteiger partial charge in [0.2, 0.25) is 0 Å². The molecule has 0 saturated carbocycles. The molecule has 2 N–H and O–H groups in total. The van der Waals surface area contributed by atoms with E-state index in [2.05, 4.69) is 39.1 Å². The standard InChI is InChI=1S/C16H22N4O.2ClH/c1-21-16-4-2-13(3-5-16)14-10-18-12-20(11-14)19-15-6-8-17-9-7-15;;/h2-5,10-11,15,17,19H,6-9,12H2,1H3;2*1H. The van der Waals surface area contributed by atoms with E-state index in [1.54, 1.807) is 7.11 Å². The van der Waals surface area contributed by atoms with Crippen molar-refractivity contribution in [2.75, 3.05) is 26.9 Å². The lowest BCUT2D eigenvalue weighted by Crippen LogP contribution is -2.47. The van der Waals surface area contributed by atoms with E-state index in [9.17, 15) is 0 Å². The highest BCUT2D eigenvalue weighted by Gasteiger charge is 2.16. The fraction of sp³-hybridized carbons (Fsp3) is 0.438. The van der Waals surface area contributed by atoms with Gasteiger partial charge in [-0.2, -0.15) is 0 Å². The van der Waals surface area contributed by atoms with Crippen LogP contribution >= 0.6 is 24.8 Å². The zero-order valence-corrected chi connectivity index (χ0v) is 14.8. The quantitative estimate of drug-likeness (QED) is 0.867. The minimum atomic E-state index is 0. The molecule has 0 bridgehead atoms. The van der Waals surface area contributed by atoms with E-state index in [0.29, 0.717) is 12.7 Å². The van der Waals surface area contributed by atoms with Crippen molar-refractivity contribution in [3.63, 3.8) is 0 Å². The summed E-state index contributed by atoms with van der Waals surface area (Å²) in [6.45, 7) is 2.84. The number of aliphatic imine (C=N–C) groups is 1. The Morgan fingerprint density at radius 2 is 1.87 bits per heavy atom. The zero-order chi connectivity index (χ0) is 14.5. The van der Waals surface area contributed by atoms with Crippen LogP contribution in [0.4, 0.5) is 0 Å². The molecule has 3 rings (SSSR count). The summed E-state index contributed by atoms with van der Waals surface area (Å²) in [6, 6.07) is 8.61. The van der Waals surface area contributed by atoms with Crippen LogP contribution in [0.5, 0.6) is 5.75 Å². The molecular weight excluding hydrogens is 335 g/mol. The van der Waals surface area contributed by atoms with Crippen LogP contribution in [-0.2, 0) is 0 Å². The first-order valence-electron chi connectivity index (χ1n) is 7.45. The molecular formula is C16H24Cl2N4O. The molecule has 2 heterocycles. The molecule has 0 radical (unpaired) electrons. The third-order valence-corrected chi connectivity index (χ3v) is 3.87. The highest BCUT2D eigenvalue weighted by atomic mass is 35.5. The van der Waals surface area contributed by atoms with E-state index < -0.39 is 0 Å². The molecule has 1 aromatic rings. The zero-order valence-electron chi connectivity index (χ0n) is 13.2. The van der Waals surface area contributed by atoms with Gasteiger partial charge in [0.25, 0.3) is 0 Å². The van der Waals surface area contributed by atoms with Gasteiger partial charge in [-0.1, -0.05) is 12.1 Å². The molecule has 2 aliphatic heterocycles. The van der Waals surface area contributed by atoms with Crippen molar-refractivity contribution in [2.24, 2.45) is 4.99 Å². The Hall–Kier alpha value is -1.27. The third kappa shape index (κ3) is 5.39. The molecule has 7 heteroatoms. The van der Waals surface area contributed by atoms with Crippen LogP contribution in [0.25, 0.3) is 5.57 Å². The maximum absolute atomic E-state index is 5.20. The Balaban J connectivity index is 0.00000132. The van der Waals surface area contributed by atoms with Crippen molar-refractivity contribution in [3.8, 4) is 5.75 Å². The molecule has 0 unspecified atom stereocenters. The van der Waals surface area contributed by atoms with Crippen LogP contribution in [0.1, 0.15) is 18.4 Å². The average Bonchev–Trinajstić information content (AvgIpc) is 2.56. The van der Waals surface area contributed by atoms with E-state index in [0.717, 1.165) is 42.8 Å². The summed E-state index contributed by atoms with van der Waals surface area (Å²) in [7, 11) is 1.68. The molecule has 5 nitrogen and oxygen atoms in total. The maximum Gasteiger partial charge on any atom is 0.124 e. The first-order valence-corrected chi connectivity index (χ1v) is 7.45. The summed E-state index contributed by atoms with van der Waals surface area (Å²) >= 11 is 0. The molecule has 1 saturated heterocycles. The van der Waals surface area contributed by atoms with Gasteiger partial charge in [0, 0.05) is 24.0 Å². The van der Waals surface area contributed by atoms with E-state index in [4.69, 9.17) is 4.74 Å². The summed E-state index contributed by atoms with van der Waals surface area (Å²) in [5.41, 5.74) is 5.82. The Morgan fingerprint density at radius 1 is 1.17 bits per heavy atom. The number of nitrogens with one attached hydrogen (secondary N) is 2. The SMILES string of the molecule is COc1ccc(C2=CN(NC3CCNCC3)CN=C2)cc1.Cl.Cl. The minimum absolute atomic E-state index is 0. The van der Waals surface area contributed by atoms with Crippen molar-refractivity contribution in [1.29, 1.82) is 0 Å². The fourth-order valence-electron chi connectivity index (χ4n) is 2.67. The molecule has 23 heavy (non-hydrogen) atoms. The topological polar surface area (TPSA) is 48.9 Å². The fourth-order valence-corrected chi connectivity index (χ4v) is 2.67. The molecule has 2 aliphatic rings. The van der Waals surface area contributed by atoms with E-state index >= 15 is 0 Å². The second-order valence-corrected chi connectivity index (χ2v) is 5.39. The normalized spacial score (nSPS) is 17.8. The lowest BCUT2D eigenvalue weighted by Gasteiger charge is -2.31. The number of hydrogen-bond acceptors (Lipinski definition) is 5. The maximum atomic E-state index is 5.20. The van der Waals surface area contributed by atoms with Crippen molar-refractivity contribution < 1.29 is 4.74 Å². The molecule has 0 spiro atoms. The van der Waals surface area contributed by atoms with Gasteiger partial charge in [-0.3, -0.25) is 10.0 Å². The Kier molecular flexibility index (Phi) is 8.41. The molecule has 128 valence electrons. The minimum Gasteiger partial charge on any atom is -0.497 e. The largest absolute Gasteiger partial charge is 0.497 e. The lowest BCUT2D eigenvalue weighted by atomic mass is 10.1. The second kappa shape index (κ2) is 9.78. The summed E-state index contributed by atoms with van der Waals surface area (Å²) in [5.74, 6) is 0.872. The van der Waals surface area contributed by atoms with Crippen molar-refractivity contribution in [3.05, 3.63) is 36.0 Å². The van der Waals surface area contributed by atoms with Crippen LogP contribution < -0.4 is 15.5 Å². The Bertz CT molecular complexity index is 527. The van der Waals surface area contributed by atoms with Crippen LogP contribution in [0, 0.1) is 0 Å². The predicted molar refractivity (Wildman–Crippen MR) is 99.7 cm³/mol. The van der Waals surface area contributed by atoms with Crippen LogP contribution in [0.3, 0.4) is 0 Å². The van der Waals surface area contributed by atoms with Gasteiger partial charge in [-0.05, 0) is 43.6 Å². The van der Waals surface area contributed by atoms with E-state index in [1.807, 2.05) is 18.3 Å². The number of halogens is 2. The lowest BCUT2D eigenvalue weighted by molar-refractivity contribution is 0.207. The van der Waals surface area contributed by atoms with Crippen LogP contribution in [0.2, 0.25) is 0 Å². The Labute approximate surface area is 150 Å². The van der Waals surface area contributed by atoms with Gasteiger partial charge in [-0.25, -0.2) is 5.43 Å². The number of benzene rings is 1. The molecule has 0 aromatic heterocycles. The van der Waals surface area contributed by atoms with E-state index in [-0.39, 0.29) is 24.8 Å². The van der Waals surface area contributed by atoms with Crippen molar-refractivity contribution >= 4 is 36.6 Å². The average molecular weight is 359 g/mol. The number of ether oxygens (including phenoxy) is 1. The summed E-state index contributed by atoms with van der Waals surface area (Å²) in [6.07, 6.45) is 6.39. The number of rotatable bonds is 4. The van der Waals surface area contributed by atoms with Crippen molar-refractivity contribution in [2.45, 2.75) is 18.9 Å². The number of methoxy groups -OCH3 is 1. The molecule has 0 atom stereocenters. The molecule has 1 fully saturated rings. The van der Waals surface area contributed by atoms with Gasteiger partial charge in [0.15, 0.2) is 0 Å². The van der Waals surface area contributed by atoms with Gasteiger partial charge < -0.3 is 10.1 Å². The highest BCUT2D eigenvalue weighted by molar-refractivity contribution is 6.10. The van der Waals surface area contributed by atoms with Crippen LogP contribution in [-0.4, -0.2) is 44.1 Å². The number of piperidine rings is 1. The molecule has 0 amide bonds. The Morgan fingerprint density at radius 3 is 2.52 bits per heavy atom. The third-order valence-electron chi connectivity index (χ3n) is 3.87. The van der Waals surface area contributed by atoms with Gasteiger partial charge in [0.05, 0.1) is 7.11 Å².